The molecule has 1 saturated carbocycles. The molecule has 1 aromatic rings. The van der Waals surface area contributed by atoms with E-state index < -0.39 is 5.97 Å². The van der Waals surface area contributed by atoms with Crippen molar-refractivity contribution in [2.45, 2.75) is 43.6 Å². The van der Waals surface area contributed by atoms with Crippen LogP contribution >= 0.6 is 23.1 Å². The lowest BCUT2D eigenvalue weighted by molar-refractivity contribution is -0.131. The number of aliphatic carboxylic acids is 1. The molecule has 1 heterocycles. The van der Waals surface area contributed by atoms with E-state index >= 15 is 0 Å². The lowest BCUT2D eigenvalue weighted by Crippen LogP contribution is -1.89. The van der Waals surface area contributed by atoms with Gasteiger partial charge in [-0.2, -0.15) is 11.8 Å². The number of thiazole rings is 1. The van der Waals surface area contributed by atoms with Crippen molar-refractivity contribution in [2.75, 3.05) is 0 Å². The molecule has 5 heteroatoms. The summed E-state index contributed by atoms with van der Waals surface area (Å²) in [7, 11) is 0. The molecule has 2 rings (SSSR count). The van der Waals surface area contributed by atoms with E-state index in [-0.39, 0.29) is 0 Å². The molecule has 0 aliphatic heterocycles. The molecule has 0 bridgehead atoms. The number of carboxylic acids is 1. The molecule has 0 radical (unpaired) electrons. The third-order valence-electron chi connectivity index (χ3n) is 2.61. The highest BCUT2D eigenvalue weighted by Gasteiger charge is 2.28. The van der Waals surface area contributed by atoms with Gasteiger partial charge in [-0.1, -0.05) is 13.8 Å². The summed E-state index contributed by atoms with van der Waals surface area (Å²) in [6, 6.07) is 0. The van der Waals surface area contributed by atoms with Gasteiger partial charge < -0.3 is 5.11 Å². The summed E-state index contributed by atoms with van der Waals surface area (Å²) in [5.74, 6) is 0.582. The Morgan fingerprint density at radius 1 is 1.61 bits per heavy atom. The van der Waals surface area contributed by atoms with Crippen LogP contribution in [0.25, 0.3) is 6.08 Å². The Balaban J connectivity index is 2.13. The predicted molar refractivity (Wildman–Crippen MR) is 77.2 cm³/mol. The average molecular weight is 283 g/mol. The Labute approximate surface area is 115 Å². The minimum atomic E-state index is -0.900. The highest BCUT2D eigenvalue weighted by atomic mass is 32.2. The number of rotatable bonds is 6. The number of hydrogen-bond acceptors (Lipinski definition) is 4. The molecule has 0 saturated heterocycles. The minimum Gasteiger partial charge on any atom is -0.478 e. The van der Waals surface area contributed by atoms with Gasteiger partial charge in [-0.3, -0.25) is 0 Å². The molecule has 0 unspecified atom stereocenters. The van der Waals surface area contributed by atoms with Crippen LogP contribution in [0.3, 0.4) is 0 Å². The van der Waals surface area contributed by atoms with Crippen molar-refractivity contribution in [1.29, 1.82) is 0 Å². The highest BCUT2D eigenvalue weighted by molar-refractivity contribution is 7.99. The van der Waals surface area contributed by atoms with Gasteiger partial charge in [-0.15, -0.1) is 11.3 Å². The van der Waals surface area contributed by atoms with Crippen LogP contribution in [0.5, 0.6) is 0 Å². The molecule has 1 aliphatic rings. The zero-order valence-electron chi connectivity index (χ0n) is 10.5. The molecule has 0 aromatic carbocycles. The van der Waals surface area contributed by atoms with Crippen molar-refractivity contribution in [1.82, 2.24) is 4.98 Å². The van der Waals surface area contributed by atoms with E-state index in [0.29, 0.717) is 11.2 Å². The summed E-state index contributed by atoms with van der Waals surface area (Å²) in [4.78, 5) is 16.3. The third kappa shape index (κ3) is 3.85. The molecule has 0 spiro atoms. The summed E-state index contributed by atoms with van der Waals surface area (Å²) in [5.41, 5.74) is 1.11. The zero-order chi connectivity index (χ0) is 13.1. The van der Waals surface area contributed by atoms with E-state index in [2.05, 4.69) is 18.8 Å². The Morgan fingerprint density at radius 2 is 2.33 bits per heavy atom. The van der Waals surface area contributed by atoms with Gasteiger partial charge >= 0.3 is 5.97 Å². The van der Waals surface area contributed by atoms with Gasteiger partial charge in [0, 0.05) is 17.7 Å². The number of carbonyl (C=O) groups is 1. The highest BCUT2D eigenvalue weighted by Crippen LogP contribution is 2.43. The summed E-state index contributed by atoms with van der Waals surface area (Å²) < 4.78 is 0. The van der Waals surface area contributed by atoms with Gasteiger partial charge in [-0.05, 0) is 24.2 Å². The fraction of sp³-hybridized carbons (Fsp3) is 0.538. The van der Waals surface area contributed by atoms with Gasteiger partial charge in [0.1, 0.15) is 5.01 Å². The number of hydrogen-bond donors (Lipinski definition) is 1. The summed E-state index contributed by atoms with van der Waals surface area (Å²) in [6.45, 7) is 4.34. The molecule has 3 nitrogen and oxygen atoms in total. The van der Waals surface area contributed by atoms with Crippen LogP contribution in [0.2, 0.25) is 0 Å². The van der Waals surface area contributed by atoms with E-state index in [1.807, 2.05) is 11.8 Å². The standard InChI is InChI=1S/C13H17NO2S2/c1-8(2)17-7-11-14-13(9-3-4-9)10(18-11)5-6-12(15)16/h5-6,8-9H,3-4,7H2,1-2H3,(H,15,16)/b6-5+. The Kier molecular flexibility index (Phi) is 4.45. The number of aromatic nitrogens is 1. The first-order chi connectivity index (χ1) is 8.56. The van der Waals surface area contributed by atoms with E-state index in [9.17, 15) is 4.79 Å². The summed E-state index contributed by atoms with van der Waals surface area (Å²) in [5, 5.41) is 10.4. The molecule has 0 amide bonds. The number of carboxylic acid groups (broad SMARTS) is 1. The monoisotopic (exact) mass is 283 g/mol. The van der Waals surface area contributed by atoms with E-state index in [1.54, 1.807) is 17.4 Å². The first-order valence-corrected chi connectivity index (χ1v) is 7.95. The predicted octanol–water partition coefficient (Wildman–Crippen LogP) is 3.76. The Morgan fingerprint density at radius 3 is 2.89 bits per heavy atom. The second kappa shape index (κ2) is 5.89. The minimum absolute atomic E-state index is 0.562. The summed E-state index contributed by atoms with van der Waals surface area (Å²) >= 11 is 3.50. The smallest absolute Gasteiger partial charge is 0.328 e. The molecular weight excluding hydrogens is 266 g/mol. The van der Waals surface area contributed by atoms with E-state index in [0.717, 1.165) is 21.3 Å². The maximum Gasteiger partial charge on any atom is 0.328 e. The molecule has 1 N–H and O–H groups in total. The van der Waals surface area contributed by atoms with E-state index in [1.165, 1.54) is 18.9 Å². The van der Waals surface area contributed by atoms with Crippen molar-refractivity contribution in [2.24, 2.45) is 0 Å². The normalized spacial score (nSPS) is 15.7. The first kappa shape index (κ1) is 13.6. The van der Waals surface area contributed by atoms with Crippen molar-refractivity contribution in [3.63, 3.8) is 0 Å². The van der Waals surface area contributed by atoms with Crippen molar-refractivity contribution < 1.29 is 9.90 Å². The fourth-order valence-electron chi connectivity index (χ4n) is 1.61. The first-order valence-electron chi connectivity index (χ1n) is 6.08. The van der Waals surface area contributed by atoms with E-state index in [4.69, 9.17) is 5.11 Å². The average Bonchev–Trinajstić information content (AvgIpc) is 3.05. The fourth-order valence-corrected chi connectivity index (χ4v) is 3.44. The molecule has 1 aromatic heterocycles. The molecule has 0 atom stereocenters. The lowest BCUT2D eigenvalue weighted by atomic mass is 10.2. The SMILES string of the molecule is CC(C)SCc1nc(C2CC2)c(/C=C/C(=O)O)s1. The Bertz CT molecular complexity index is 462. The number of thioether (sulfide) groups is 1. The topological polar surface area (TPSA) is 50.2 Å². The van der Waals surface area contributed by atoms with Crippen LogP contribution < -0.4 is 0 Å². The van der Waals surface area contributed by atoms with Gasteiger partial charge in [0.15, 0.2) is 0 Å². The van der Waals surface area contributed by atoms with Crippen LogP contribution in [-0.4, -0.2) is 21.3 Å². The zero-order valence-corrected chi connectivity index (χ0v) is 12.2. The van der Waals surface area contributed by atoms with Gasteiger partial charge in [-0.25, -0.2) is 9.78 Å². The van der Waals surface area contributed by atoms with Crippen LogP contribution in [0.15, 0.2) is 6.08 Å². The van der Waals surface area contributed by atoms with Crippen LogP contribution in [0.4, 0.5) is 0 Å². The van der Waals surface area contributed by atoms with Crippen LogP contribution in [-0.2, 0) is 10.5 Å². The molecule has 1 aliphatic carbocycles. The second-order valence-corrected chi connectivity index (χ2v) is 7.34. The molecule has 98 valence electrons. The largest absolute Gasteiger partial charge is 0.478 e. The van der Waals surface area contributed by atoms with Crippen molar-refractivity contribution in [3.05, 3.63) is 21.7 Å². The molecule has 1 fully saturated rings. The van der Waals surface area contributed by atoms with Crippen LogP contribution in [0, 0.1) is 0 Å². The van der Waals surface area contributed by atoms with Crippen LogP contribution in [0.1, 0.15) is 48.2 Å². The maximum absolute atomic E-state index is 10.6. The summed E-state index contributed by atoms with van der Waals surface area (Å²) in [6.07, 6.45) is 5.28. The molecular formula is C13H17NO2S2. The number of nitrogens with zero attached hydrogens (tertiary/aromatic N) is 1. The maximum atomic E-state index is 10.6. The second-order valence-electron chi connectivity index (χ2n) is 4.66. The third-order valence-corrected chi connectivity index (χ3v) is 4.93. The van der Waals surface area contributed by atoms with Gasteiger partial charge in [0.2, 0.25) is 0 Å². The van der Waals surface area contributed by atoms with Crippen molar-refractivity contribution >= 4 is 35.1 Å². The van der Waals surface area contributed by atoms with Gasteiger partial charge in [0.25, 0.3) is 0 Å². The van der Waals surface area contributed by atoms with Crippen molar-refractivity contribution in [3.8, 4) is 0 Å². The Hall–Kier alpha value is -0.810. The molecule has 18 heavy (non-hydrogen) atoms. The lowest BCUT2D eigenvalue weighted by Gasteiger charge is -2.00. The van der Waals surface area contributed by atoms with Gasteiger partial charge in [0.05, 0.1) is 10.6 Å². The quantitative estimate of drug-likeness (QED) is 0.808.